The fourth-order valence-corrected chi connectivity index (χ4v) is 3.61. The number of nitrogen functional groups attached to an aromatic ring is 2. The molecule has 1 fully saturated rings. The summed E-state index contributed by atoms with van der Waals surface area (Å²) in [5.74, 6) is 1.41. The number of hydrogen-bond donors (Lipinski definition) is 3. The molecule has 8 heteroatoms. The lowest BCUT2D eigenvalue weighted by molar-refractivity contribution is 0.255. The molecule has 0 saturated carbocycles. The van der Waals surface area contributed by atoms with E-state index in [1.54, 1.807) is 23.9 Å². The van der Waals surface area contributed by atoms with Gasteiger partial charge in [0.1, 0.15) is 17.5 Å². The van der Waals surface area contributed by atoms with Gasteiger partial charge in [0, 0.05) is 50.5 Å². The Morgan fingerprint density at radius 3 is 2.36 bits per heavy atom. The predicted molar refractivity (Wildman–Crippen MR) is 100 cm³/mol. The molecule has 0 bridgehead atoms. The molecule has 0 unspecified atom stereocenters. The molecule has 2 aromatic rings. The summed E-state index contributed by atoms with van der Waals surface area (Å²) < 4.78 is 13.0. The molecule has 0 amide bonds. The van der Waals surface area contributed by atoms with Crippen molar-refractivity contribution in [1.29, 1.82) is 0 Å². The van der Waals surface area contributed by atoms with Gasteiger partial charge in [-0.3, -0.25) is 4.90 Å². The molecule has 0 radical (unpaired) electrons. The van der Waals surface area contributed by atoms with Crippen LogP contribution in [0.15, 0.2) is 29.4 Å². The zero-order valence-corrected chi connectivity index (χ0v) is 14.9. The van der Waals surface area contributed by atoms with Crippen LogP contribution in [0.4, 0.5) is 16.0 Å². The Hall–Kier alpha value is -1.90. The Balaban J connectivity index is 1.60. The Bertz CT molecular complexity index is 680. The van der Waals surface area contributed by atoms with Gasteiger partial charge < -0.3 is 16.8 Å². The third-order valence-electron chi connectivity index (χ3n) is 4.19. The van der Waals surface area contributed by atoms with Crippen molar-refractivity contribution in [2.75, 3.05) is 49.9 Å². The number of nitrogens with two attached hydrogens (primary N) is 2. The lowest BCUT2D eigenvalue weighted by Gasteiger charge is -2.26. The van der Waals surface area contributed by atoms with Crippen molar-refractivity contribution in [2.45, 2.75) is 11.6 Å². The second-order valence-corrected chi connectivity index (χ2v) is 7.06. The molecule has 1 aliphatic rings. The number of halogens is 1. The van der Waals surface area contributed by atoms with Crippen molar-refractivity contribution in [3.05, 3.63) is 41.2 Å². The van der Waals surface area contributed by atoms with Crippen LogP contribution in [0.1, 0.15) is 11.1 Å². The molecule has 3 rings (SSSR count). The van der Waals surface area contributed by atoms with E-state index in [1.807, 2.05) is 0 Å². The summed E-state index contributed by atoms with van der Waals surface area (Å²) in [6, 6.07) is 6.26. The second kappa shape index (κ2) is 8.46. The molecule has 25 heavy (non-hydrogen) atoms. The topological polar surface area (TPSA) is 93.1 Å². The normalized spacial score (nSPS) is 15.4. The molecular weight excluding hydrogens is 339 g/mol. The number of anilines is 2. The summed E-state index contributed by atoms with van der Waals surface area (Å²) in [6.07, 6.45) is 0.490. The molecule has 0 atom stereocenters. The summed E-state index contributed by atoms with van der Waals surface area (Å²) in [5.41, 5.74) is 13.8. The minimum Gasteiger partial charge on any atom is -0.383 e. The van der Waals surface area contributed by atoms with E-state index in [1.165, 1.54) is 12.1 Å². The van der Waals surface area contributed by atoms with Crippen LogP contribution in [0.2, 0.25) is 0 Å². The highest BCUT2D eigenvalue weighted by atomic mass is 32.2. The maximum Gasteiger partial charge on any atom is 0.191 e. The number of hydrogen-bond acceptors (Lipinski definition) is 7. The van der Waals surface area contributed by atoms with Gasteiger partial charge in [0.2, 0.25) is 0 Å². The van der Waals surface area contributed by atoms with E-state index >= 15 is 0 Å². The molecule has 0 spiro atoms. The Labute approximate surface area is 151 Å². The predicted octanol–water partition coefficient (Wildman–Crippen LogP) is 1.37. The molecule has 0 aliphatic carbocycles. The first-order chi connectivity index (χ1) is 12.1. The number of nitrogens with one attached hydrogen (secondary N) is 1. The van der Waals surface area contributed by atoms with Gasteiger partial charge in [-0.2, -0.15) is 0 Å². The monoisotopic (exact) mass is 362 g/mol. The maximum atomic E-state index is 13.0. The van der Waals surface area contributed by atoms with Crippen molar-refractivity contribution < 1.29 is 4.39 Å². The highest BCUT2D eigenvalue weighted by Gasteiger charge is 2.13. The highest BCUT2D eigenvalue weighted by Crippen LogP contribution is 2.24. The molecule has 1 saturated heterocycles. The lowest BCUT2D eigenvalue weighted by Crippen LogP contribution is -2.44. The zero-order chi connectivity index (χ0) is 17.6. The molecule has 134 valence electrons. The molecule has 6 nitrogen and oxygen atoms in total. The van der Waals surface area contributed by atoms with Gasteiger partial charge in [-0.15, -0.1) is 0 Å². The van der Waals surface area contributed by atoms with E-state index < -0.39 is 0 Å². The molecule has 1 aromatic carbocycles. The van der Waals surface area contributed by atoms with Crippen molar-refractivity contribution in [1.82, 2.24) is 20.2 Å². The minimum absolute atomic E-state index is 0.267. The van der Waals surface area contributed by atoms with E-state index in [2.05, 4.69) is 20.2 Å². The van der Waals surface area contributed by atoms with E-state index in [9.17, 15) is 4.39 Å². The molecule has 2 heterocycles. The fraction of sp³-hybridized carbons (Fsp3) is 0.412. The quantitative estimate of drug-likeness (QED) is 0.528. The van der Waals surface area contributed by atoms with Crippen molar-refractivity contribution in [3.63, 3.8) is 0 Å². The number of aromatic nitrogens is 2. The Morgan fingerprint density at radius 2 is 1.72 bits per heavy atom. The van der Waals surface area contributed by atoms with Gasteiger partial charge >= 0.3 is 0 Å². The summed E-state index contributed by atoms with van der Waals surface area (Å²) >= 11 is 1.57. The maximum absolute atomic E-state index is 13.0. The average molecular weight is 362 g/mol. The largest absolute Gasteiger partial charge is 0.383 e. The number of benzene rings is 1. The van der Waals surface area contributed by atoms with Crippen LogP contribution >= 0.6 is 11.8 Å². The second-order valence-electron chi connectivity index (χ2n) is 6.00. The van der Waals surface area contributed by atoms with Crippen molar-refractivity contribution in [3.8, 4) is 0 Å². The van der Waals surface area contributed by atoms with Crippen LogP contribution in [0.25, 0.3) is 0 Å². The third kappa shape index (κ3) is 5.04. The fourth-order valence-electron chi connectivity index (χ4n) is 2.75. The van der Waals surface area contributed by atoms with Gasteiger partial charge in [0.05, 0.1) is 0 Å². The highest BCUT2D eigenvalue weighted by molar-refractivity contribution is 7.99. The van der Waals surface area contributed by atoms with E-state index in [4.69, 9.17) is 11.5 Å². The van der Waals surface area contributed by atoms with Crippen LogP contribution in [0.5, 0.6) is 0 Å². The first-order valence-electron chi connectivity index (χ1n) is 8.34. The summed E-state index contributed by atoms with van der Waals surface area (Å²) in [4.78, 5) is 11.2. The lowest BCUT2D eigenvalue weighted by atomic mass is 10.1. The smallest absolute Gasteiger partial charge is 0.191 e. The van der Waals surface area contributed by atoms with Crippen LogP contribution in [-0.2, 0) is 6.42 Å². The summed E-state index contributed by atoms with van der Waals surface area (Å²) in [7, 11) is 0. The standard InChI is InChI=1S/C17H23FN6S/c18-13-3-1-12(2-4-13)11-14-15(19)22-17(23-16(14)20)25-10-9-24-7-5-21-6-8-24/h1-4,21H,5-11H2,(H4,19,20,22,23). The average Bonchev–Trinajstić information content (AvgIpc) is 2.61. The Morgan fingerprint density at radius 1 is 1.08 bits per heavy atom. The summed E-state index contributed by atoms with van der Waals surface area (Å²) in [6.45, 7) is 5.22. The molecule has 1 aromatic heterocycles. The van der Waals surface area contributed by atoms with Crippen LogP contribution in [-0.4, -0.2) is 53.3 Å². The molecule has 5 N–H and O–H groups in total. The number of thioether (sulfide) groups is 1. The van der Waals surface area contributed by atoms with Crippen LogP contribution < -0.4 is 16.8 Å². The minimum atomic E-state index is -0.267. The van der Waals surface area contributed by atoms with Crippen molar-refractivity contribution in [2.24, 2.45) is 0 Å². The zero-order valence-electron chi connectivity index (χ0n) is 14.0. The van der Waals surface area contributed by atoms with Gasteiger partial charge in [0.25, 0.3) is 0 Å². The van der Waals surface area contributed by atoms with Gasteiger partial charge in [-0.1, -0.05) is 23.9 Å². The SMILES string of the molecule is Nc1nc(SCCN2CCNCC2)nc(N)c1Cc1ccc(F)cc1. The number of piperazine rings is 1. The molecular formula is C17H23FN6S. The van der Waals surface area contributed by atoms with Crippen LogP contribution in [0.3, 0.4) is 0 Å². The Kier molecular flexibility index (Phi) is 6.06. The van der Waals surface area contributed by atoms with Gasteiger partial charge in [-0.25, -0.2) is 14.4 Å². The van der Waals surface area contributed by atoms with Gasteiger partial charge in [0.15, 0.2) is 5.16 Å². The number of rotatable bonds is 6. The number of nitrogens with zero attached hydrogens (tertiary/aromatic N) is 3. The van der Waals surface area contributed by atoms with Gasteiger partial charge in [-0.05, 0) is 17.7 Å². The summed E-state index contributed by atoms with van der Waals surface area (Å²) in [5, 5.41) is 3.94. The van der Waals surface area contributed by atoms with Crippen molar-refractivity contribution >= 4 is 23.4 Å². The third-order valence-corrected chi connectivity index (χ3v) is 5.02. The van der Waals surface area contributed by atoms with E-state index in [0.29, 0.717) is 28.8 Å². The van der Waals surface area contributed by atoms with E-state index in [0.717, 1.165) is 44.0 Å². The van der Waals surface area contributed by atoms with E-state index in [-0.39, 0.29) is 5.82 Å². The van der Waals surface area contributed by atoms with Crippen LogP contribution in [0, 0.1) is 5.82 Å². The first kappa shape index (κ1) is 17.9. The molecule has 1 aliphatic heterocycles. The first-order valence-corrected chi connectivity index (χ1v) is 9.32.